The zero-order valence-electron chi connectivity index (χ0n) is 13.1. The minimum atomic E-state index is -0.0534. The summed E-state index contributed by atoms with van der Waals surface area (Å²) in [6.45, 7) is 12.8. The first-order valence-electron chi connectivity index (χ1n) is 7.22. The average Bonchev–Trinajstić information content (AvgIpc) is 2.38. The second-order valence-electron chi connectivity index (χ2n) is 6.86. The molecule has 0 amide bonds. The van der Waals surface area contributed by atoms with E-state index in [9.17, 15) is 5.11 Å². The van der Waals surface area contributed by atoms with Crippen molar-refractivity contribution in [2.45, 2.75) is 46.5 Å². The fraction of sp³-hybridized carbons (Fsp3) is 0.647. The van der Waals surface area contributed by atoms with Gasteiger partial charge in [0.15, 0.2) is 0 Å². The Labute approximate surface area is 118 Å². The Morgan fingerprint density at radius 1 is 1.00 bits per heavy atom. The van der Waals surface area contributed by atoms with Gasteiger partial charge in [-0.05, 0) is 17.5 Å². The number of aliphatic hydroxyl groups is 1. The van der Waals surface area contributed by atoms with Gasteiger partial charge in [0.05, 0.1) is 0 Å². The van der Waals surface area contributed by atoms with Crippen molar-refractivity contribution in [1.82, 2.24) is 5.32 Å². The summed E-state index contributed by atoms with van der Waals surface area (Å²) < 4.78 is 0. The van der Waals surface area contributed by atoms with Gasteiger partial charge in [-0.15, -0.1) is 0 Å². The molecule has 0 aliphatic carbocycles. The molecule has 0 spiro atoms. The lowest BCUT2D eigenvalue weighted by Gasteiger charge is -2.29. The summed E-state index contributed by atoms with van der Waals surface area (Å²) >= 11 is 0. The van der Waals surface area contributed by atoms with E-state index in [1.54, 1.807) is 0 Å². The van der Waals surface area contributed by atoms with Crippen molar-refractivity contribution in [1.29, 1.82) is 0 Å². The molecule has 0 unspecified atom stereocenters. The van der Waals surface area contributed by atoms with Crippen molar-refractivity contribution < 1.29 is 5.11 Å². The zero-order valence-corrected chi connectivity index (χ0v) is 13.1. The van der Waals surface area contributed by atoms with E-state index in [0.717, 1.165) is 19.5 Å². The van der Waals surface area contributed by atoms with Crippen molar-refractivity contribution in [3.05, 3.63) is 35.4 Å². The molecule has 0 radical (unpaired) electrons. The van der Waals surface area contributed by atoms with E-state index in [2.05, 4.69) is 64.2 Å². The number of nitrogens with one attached hydrogen (secondary N) is 1. The highest BCUT2D eigenvalue weighted by Gasteiger charge is 2.22. The molecule has 0 aliphatic heterocycles. The van der Waals surface area contributed by atoms with Crippen LogP contribution in [0.3, 0.4) is 0 Å². The molecule has 19 heavy (non-hydrogen) atoms. The topological polar surface area (TPSA) is 32.3 Å². The highest BCUT2D eigenvalue weighted by atomic mass is 16.3. The van der Waals surface area contributed by atoms with E-state index < -0.39 is 0 Å². The van der Waals surface area contributed by atoms with Crippen LogP contribution in [0.4, 0.5) is 0 Å². The quantitative estimate of drug-likeness (QED) is 0.792. The molecule has 2 heteroatoms. The first-order chi connectivity index (χ1) is 8.80. The van der Waals surface area contributed by atoms with E-state index in [-0.39, 0.29) is 17.4 Å². The molecule has 0 saturated heterocycles. The fourth-order valence-corrected chi connectivity index (χ4v) is 2.06. The molecule has 0 aromatic heterocycles. The number of rotatable bonds is 7. The Hall–Kier alpha value is -0.860. The number of aliphatic hydroxyl groups excluding tert-OH is 1. The molecule has 1 rings (SSSR count). The van der Waals surface area contributed by atoms with Crippen molar-refractivity contribution in [2.75, 3.05) is 19.7 Å². The lowest BCUT2D eigenvalue weighted by atomic mass is 9.83. The minimum absolute atomic E-state index is 0.0534. The highest BCUT2D eigenvalue weighted by molar-refractivity contribution is 5.28. The molecule has 1 aromatic rings. The summed E-state index contributed by atoms with van der Waals surface area (Å²) in [4.78, 5) is 0. The van der Waals surface area contributed by atoms with E-state index in [4.69, 9.17) is 0 Å². The Morgan fingerprint density at radius 3 is 2.05 bits per heavy atom. The summed E-state index contributed by atoms with van der Waals surface area (Å²) in [7, 11) is 0. The van der Waals surface area contributed by atoms with Gasteiger partial charge in [0.1, 0.15) is 0 Å². The summed E-state index contributed by atoms with van der Waals surface area (Å²) in [6, 6.07) is 8.90. The van der Waals surface area contributed by atoms with Gasteiger partial charge in [-0.2, -0.15) is 0 Å². The third-order valence-corrected chi connectivity index (χ3v) is 3.74. The first kappa shape index (κ1) is 16.2. The maximum Gasteiger partial charge on any atom is 0.0494 e. The smallest absolute Gasteiger partial charge is 0.0494 e. The maximum absolute atomic E-state index is 9.26. The molecule has 2 nitrogen and oxygen atoms in total. The lowest BCUT2D eigenvalue weighted by Crippen LogP contribution is -2.39. The molecule has 0 bridgehead atoms. The fourth-order valence-electron chi connectivity index (χ4n) is 2.06. The van der Waals surface area contributed by atoms with Crippen molar-refractivity contribution >= 4 is 0 Å². The Bertz CT molecular complexity index is 379. The van der Waals surface area contributed by atoms with Gasteiger partial charge in [0.2, 0.25) is 0 Å². The standard InChI is InChI=1S/C17H29NO/c1-6-14-7-9-15(10-8-14)17(4,5)12-18-11-16(2,3)13-19/h7-10,18-19H,6,11-13H2,1-5H3. The van der Waals surface area contributed by atoms with Gasteiger partial charge in [-0.1, -0.05) is 58.9 Å². The van der Waals surface area contributed by atoms with Crippen molar-refractivity contribution in [3.63, 3.8) is 0 Å². The van der Waals surface area contributed by atoms with E-state index in [1.165, 1.54) is 11.1 Å². The molecule has 0 saturated carbocycles. The van der Waals surface area contributed by atoms with Gasteiger partial charge in [0.25, 0.3) is 0 Å². The SMILES string of the molecule is CCc1ccc(C(C)(C)CNCC(C)(C)CO)cc1. The predicted octanol–water partition coefficient (Wildman–Crippen LogP) is 3.13. The van der Waals surface area contributed by atoms with E-state index >= 15 is 0 Å². The van der Waals surface area contributed by atoms with E-state index in [0.29, 0.717) is 0 Å². The Kier molecular flexibility index (Phi) is 5.57. The van der Waals surface area contributed by atoms with Crippen LogP contribution in [0.2, 0.25) is 0 Å². The highest BCUT2D eigenvalue weighted by Crippen LogP contribution is 2.23. The molecule has 108 valence electrons. The van der Waals surface area contributed by atoms with Gasteiger partial charge in [-0.25, -0.2) is 0 Å². The summed E-state index contributed by atoms with van der Waals surface area (Å²) in [5, 5.41) is 12.7. The monoisotopic (exact) mass is 263 g/mol. The van der Waals surface area contributed by atoms with Crippen LogP contribution in [-0.2, 0) is 11.8 Å². The van der Waals surface area contributed by atoms with Crippen LogP contribution in [0.5, 0.6) is 0 Å². The van der Waals surface area contributed by atoms with Crippen molar-refractivity contribution in [3.8, 4) is 0 Å². The van der Waals surface area contributed by atoms with Crippen LogP contribution >= 0.6 is 0 Å². The van der Waals surface area contributed by atoms with Crippen LogP contribution in [0.15, 0.2) is 24.3 Å². The number of aryl methyl sites for hydroxylation is 1. The van der Waals surface area contributed by atoms with Crippen LogP contribution in [0.25, 0.3) is 0 Å². The van der Waals surface area contributed by atoms with Gasteiger partial charge >= 0.3 is 0 Å². The molecule has 0 heterocycles. The second kappa shape index (κ2) is 6.53. The van der Waals surface area contributed by atoms with Crippen molar-refractivity contribution in [2.24, 2.45) is 5.41 Å². The molecule has 1 aromatic carbocycles. The molecular weight excluding hydrogens is 234 g/mol. The summed E-state index contributed by atoms with van der Waals surface area (Å²) in [5.74, 6) is 0. The predicted molar refractivity (Wildman–Crippen MR) is 82.6 cm³/mol. The summed E-state index contributed by atoms with van der Waals surface area (Å²) in [6.07, 6.45) is 1.09. The normalized spacial score (nSPS) is 12.7. The van der Waals surface area contributed by atoms with Crippen LogP contribution in [0.1, 0.15) is 45.7 Å². The zero-order chi connectivity index (χ0) is 14.5. The molecule has 0 fully saturated rings. The third kappa shape index (κ3) is 4.96. The molecular formula is C17H29NO. The number of hydrogen-bond donors (Lipinski definition) is 2. The second-order valence-corrected chi connectivity index (χ2v) is 6.86. The Balaban J connectivity index is 2.59. The maximum atomic E-state index is 9.26. The van der Waals surface area contributed by atoms with Crippen LogP contribution < -0.4 is 5.32 Å². The van der Waals surface area contributed by atoms with Crippen LogP contribution in [0, 0.1) is 5.41 Å². The summed E-state index contributed by atoms with van der Waals surface area (Å²) in [5.41, 5.74) is 2.80. The largest absolute Gasteiger partial charge is 0.396 e. The average molecular weight is 263 g/mol. The number of benzene rings is 1. The van der Waals surface area contributed by atoms with Gasteiger partial charge < -0.3 is 10.4 Å². The lowest BCUT2D eigenvalue weighted by molar-refractivity contribution is 0.155. The third-order valence-electron chi connectivity index (χ3n) is 3.74. The van der Waals surface area contributed by atoms with E-state index in [1.807, 2.05) is 0 Å². The minimum Gasteiger partial charge on any atom is -0.396 e. The molecule has 2 N–H and O–H groups in total. The van der Waals surface area contributed by atoms with Gasteiger partial charge in [-0.3, -0.25) is 0 Å². The molecule has 0 aliphatic rings. The first-order valence-corrected chi connectivity index (χ1v) is 7.22. The van der Waals surface area contributed by atoms with Gasteiger partial charge in [0, 0.05) is 30.5 Å². The molecule has 0 atom stereocenters. The Morgan fingerprint density at radius 2 is 1.58 bits per heavy atom. The number of hydrogen-bond acceptors (Lipinski definition) is 2. The van der Waals surface area contributed by atoms with Crippen LogP contribution in [-0.4, -0.2) is 24.8 Å².